The van der Waals surface area contributed by atoms with Gasteiger partial charge in [-0.25, -0.2) is 0 Å². The highest BCUT2D eigenvalue weighted by Gasteiger charge is 2.25. The van der Waals surface area contributed by atoms with E-state index < -0.39 is 4.92 Å². The molecule has 9 nitrogen and oxygen atoms in total. The molecule has 1 aliphatic rings. The van der Waals surface area contributed by atoms with Crippen molar-refractivity contribution in [1.82, 2.24) is 4.90 Å². The van der Waals surface area contributed by atoms with Gasteiger partial charge in [0.25, 0.3) is 5.69 Å². The molecule has 9 heteroatoms. The highest BCUT2D eigenvalue weighted by molar-refractivity contribution is 6.09. The van der Waals surface area contributed by atoms with Crippen molar-refractivity contribution in [2.75, 3.05) is 52.4 Å². The largest absolute Gasteiger partial charge is 0.493 e. The molecule has 188 valence electrons. The first-order valence-corrected chi connectivity index (χ1v) is 11.7. The summed E-state index contributed by atoms with van der Waals surface area (Å²) >= 11 is 0. The molecule has 1 unspecified atom stereocenters. The fourth-order valence-electron chi connectivity index (χ4n) is 4.34. The lowest BCUT2D eigenvalue weighted by Gasteiger charge is -2.35. The lowest BCUT2D eigenvalue weighted by molar-refractivity contribution is -0.384. The summed E-state index contributed by atoms with van der Waals surface area (Å²) in [6, 6.07) is 18.9. The molecule has 4 rings (SSSR count). The third-order valence-corrected chi connectivity index (χ3v) is 6.26. The van der Waals surface area contributed by atoms with Crippen molar-refractivity contribution in [3.63, 3.8) is 0 Å². The number of carbonyl (C=O) groups is 1. The molecule has 36 heavy (non-hydrogen) atoms. The number of methoxy groups -OCH3 is 2. The van der Waals surface area contributed by atoms with Crippen molar-refractivity contribution in [2.24, 2.45) is 0 Å². The highest BCUT2D eigenvalue weighted by atomic mass is 16.6. The first-order chi connectivity index (χ1) is 17.5. The van der Waals surface area contributed by atoms with E-state index in [4.69, 9.17) is 14.2 Å². The summed E-state index contributed by atoms with van der Waals surface area (Å²) < 4.78 is 16.4. The van der Waals surface area contributed by atoms with Crippen molar-refractivity contribution in [3.05, 3.63) is 93.5 Å². The van der Waals surface area contributed by atoms with Crippen LogP contribution in [0.3, 0.4) is 0 Å². The number of morpholine rings is 1. The van der Waals surface area contributed by atoms with Gasteiger partial charge in [-0.1, -0.05) is 36.4 Å². The second-order valence-electron chi connectivity index (χ2n) is 8.34. The molecule has 0 spiro atoms. The molecule has 0 aromatic heterocycles. The van der Waals surface area contributed by atoms with E-state index in [1.165, 1.54) is 6.07 Å². The van der Waals surface area contributed by atoms with Gasteiger partial charge in [-0.2, -0.15) is 0 Å². The molecule has 0 saturated carbocycles. The van der Waals surface area contributed by atoms with Crippen LogP contribution in [0.25, 0.3) is 0 Å². The molecule has 1 fully saturated rings. The molecule has 1 heterocycles. The minimum atomic E-state index is -0.468. The maximum absolute atomic E-state index is 12.8. The Morgan fingerprint density at radius 1 is 1.00 bits per heavy atom. The second-order valence-corrected chi connectivity index (χ2v) is 8.34. The molecule has 0 radical (unpaired) electrons. The molecule has 1 aliphatic heterocycles. The summed E-state index contributed by atoms with van der Waals surface area (Å²) in [4.78, 5) is 26.5. The standard InChI is InChI=1S/C27H29N3O6/c1-34-25-11-9-20(17-26(25)35-2)24(29-12-14-36-15-13-29)18-28-22-10-8-21(16-23(22)30(32)33)27(31)19-6-4-3-5-7-19/h3-11,16-17,24,28H,12-15,18H2,1-2H3. The predicted octanol–water partition coefficient (Wildman–Crippen LogP) is 4.33. The normalized spacial score (nSPS) is 14.6. The number of nitro benzene ring substituents is 1. The number of nitrogens with one attached hydrogen (secondary N) is 1. The van der Waals surface area contributed by atoms with E-state index in [0.717, 1.165) is 18.7 Å². The minimum absolute atomic E-state index is 0.0982. The predicted molar refractivity (Wildman–Crippen MR) is 136 cm³/mol. The van der Waals surface area contributed by atoms with Crippen molar-refractivity contribution in [2.45, 2.75) is 6.04 Å². The van der Waals surface area contributed by atoms with Crippen LogP contribution in [0.1, 0.15) is 27.5 Å². The Bertz CT molecular complexity index is 1210. The average molecular weight is 492 g/mol. The van der Waals surface area contributed by atoms with Crippen molar-refractivity contribution in [1.29, 1.82) is 0 Å². The summed E-state index contributed by atoms with van der Waals surface area (Å²) in [5.41, 5.74) is 1.94. The first kappa shape index (κ1) is 25.2. The van der Waals surface area contributed by atoms with Gasteiger partial charge >= 0.3 is 0 Å². The molecule has 1 saturated heterocycles. The molecular formula is C27H29N3O6. The van der Waals surface area contributed by atoms with Crippen LogP contribution in [-0.4, -0.2) is 62.7 Å². The number of carbonyl (C=O) groups excluding carboxylic acids is 1. The van der Waals surface area contributed by atoms with Crippen LogP contribution in [0.15, 0.2) is 66.7 Å². The van der Waals surface area contributed by atoms with Crippen molar-refractivity contribution < 1.29 is 23.9 Å². The average Bonchev–Trinajstić information content (AvgIpc) is 2.93. The van der Waals surface area contributed by atoms with Gasteiger partial charge in [-0.05, 0) is 29.8 Å². The Morgan fingerprint density at radius 3 is 2.39 bits per heavy atom. The van der Waals surface area contributed by atoms with E-state index in [0.29, 0.717) is 42.5 Å². The van der Waals surface area contributed by atoms with Gasteiger partial charge in [0.2, 0.25) is 0 Å². The molecule has 1 atom stereocenters. The van der Waals surface area contributed by atoms with E-state index in [1.807, 2.05) is 24.3 Å². The van der Waals surface area contributed by atoms with Crippen LogP contribution < -0.4 is 14.8 Å². The van der Waals surface area contributed by atoms with E-state index in [2.05, 4.69) is 10.2 Å². The Balaban J connectivity index is 1.61. The van der Waals surface area contributed by atoms with Crippen LogP contribution >= 0.6 is 0 Å². The van der Waals surface area contributed by atoms with Gasteiger partial charge in [-0.15, -0.1) is 0 Å². The molecule has 3 aromatic carbocycles. The zero-order chi connectivity index (χ0) is 25.5. The summed E-state index contributed by atoms with van der Waals surface area (Å²) in [6.07, 6.45) is 0. The van der Waals surface area contributed by atoms with Gasteiger partial charge in [0, 0.05) is 36.8 Å². The fraction of sp³-hybridized carbons (Fsp3) is 0.296. The molecule has 1 N–H and O–H groups in total. The van der Waals surface area contributed by atoms with Crippen LogP contribution in [0.4, 0.5) is 11.4 Å². The summed E-state index contributed by atoms with van der Waals surface area (Å²) in [7, 11) is 3.18. The van der Waals surface area contributed by atoms with Gasteiger partial charge < -0.3 is 19.5 Å². The number of ketones is 1. The van der Waals surface area contributed by atoms with Crippen molar-refractivity contribution >= 4 is 17.2 Å². The number of anilines is 1. The Morgan fingerprint density at radius 2 is 1.72 bits per heavy atom. The monoisotopic (exact) mass is 491 g/mol. The molecule has 3 aromatic rings. The van der Waals surface area contributed by atoms with Crippen molar-refractivity contribution in [3.8, 4) is 11.5 Å². The number of benzene rings is 3. The van der Waals surface area contributed by atoms with E-state index in [1.54, 1.807) is 50.6 Å². The van der Waals surface area contributed by atoms with E-state index in [-0.39, 0.29) is 23.1 Å². The number of hydrogen-bond donors (Lipinski definition) is 1. The molecule has 0 aliphatic carbocycles. The summed E-state index contributed by atoms with van der Waals surface area (Å²) in [5.74, 6) is 0.981. The summed E-state index contributed by atoms with van der Waals surface area (Å²) in [5, 5.41) is 15.2. The maximum Gasteiger partial charge on any atom is 0.293 e. The topological polar surface area (TPSA) is 103 Å². The first-order valence-electron chi connectivity index (χ1n) is 11.7. The van der Waals surface area contributed by atoms with Gasteiger partial charge in [0.05, 0.1) is 38.4 Å². The highest BCUT2D eigenvalue weighted by Crippen LogP contribution is 2.33. The number of nitrogens with zero attached hydrogens (tertiary/aromatic N) is 2. The van der Waals surface area contributed by atoms with Gasteiger partial charge in [0.15, 0.2) is 17.3 Å². The molecular weight excluding hydrogens is 462 g/mol. The van der Waals surface area contributed by atoms with Gasteiger partial charge in [-0.3, -0.25) is 19.8 Å². The van der Waals surface area contributed by atoms with Crippen LogP contribution in [0.5, 0.6) is 11.5 Å². The van der Waals surface area contributed by atoms with Crippen LogP contribution in [-0.2, 0) is 4.74 Å². The Hall–Kier alpha value is -3.95. The lowest BCUT2D eigenvalue weighted by Crippen LogP contribution is -2.41. The Labute approximate surface area is 209 Å². The number of nitro groups is 1. The Kier molecular flexibility index (Phi) is 8.14. The van der Waals surface area contributed by atoms with E-state index in [9.17, 15) is 14.9 Å². The minimum Gasteiger partial charge on any atom is -0.493 e. The smallest absolute Gasteiger partial charge is 0.293 e. The zero-order valence-electron chi connectivity index (χ0n) is 20.3. The maximum atomic E-state index is 12.8. The summed E-state index contributed by atoms with van der Waals surface area (Å²) in [6.45, 7) is 3.09. The van der Waals surface area contributed by atoms with Crippen LogP contribution in [0.2, 0.25) is 0 Å². The second kappa shape index (κ2) is 11.7. The fourth-order valence-corrected chi connectivity index (χ4v) is 4.34. The third-order valence-electron chi connectivity index (χ3n) is 6.26. The van der Waals surface area contributed by atoms with Crippen LogP contribution in [0, 0.1) is 10.1 Å². The van der Waals surface area contributed by atoms with E-state index >= 15 is 0 Å². The third kappa shape index (κ3) is 5.64. The number of ether oxygens (including phenoxy) is 3. The number of hydrogen-bond acceptors (Lipinski definition) is 8. The molecule has 0 amide bonds. The quantitative estimate of drug-likeness (QED) is 0.254. The SMILES string of the molecule is COc1ccc(C(CNc2ccc(C(=O)c3ccccc3)cc2[N+](=O)[O-])N2CCOCC2)cc1OC. The lowest BCUT2D eigenvalue weighted by atomic mass is 10.0. The van der Waals surface area contributed by atoms with Gasteiger partial charge in [0.1, 0.15) is 5.69 Å². The molecule has 0 bridgehead atoms. The number of rotatable bonds is 10. The zero-order valence-corrected chi connectivity index (χ0v) is 20.3.